The maximum atomic E-state index is 4.11. The number of rotatable bonds is 3. The summed E-state index contributed by atoms with van der Waals surface area (Å²) in [6, 6.07) is 0. The third-order valence-electron chi connectivity index (χ3n) is 7.81. The summed E-state index contributed by atoms with van der Waals surface area (Å²) in [5.41, 5.74) is 1.96. The van der Waals surface area contributed by atoms with Crippen molar-refractivity contribution in [3.63, 3.8) is 0 Å². The third kappa shape index (κ3) is 2.23. The van der Waals surface area contributed by atoms with E-state index in [1.807, 2.05) is 0 Å². The van der Waals surface area contributed by atoms with Crippen LogP contribution in [0.5, 0.6) is 0 Å². The molecule has 3 fully saturated rings. The van der Waals surface area contributed by atoms with Gasteiger partial charge in [0.25, 0.3) is 0 Å². The summed E-state index contributed by atoms with van der Waals surface area (Å²) in [4.78, 5) is 0. The first-order valence-electron chi connectivity index (χ1n) is 9.38. The molecule has 0 saturated heterocycles. The van der Waals surface area contributed by atoms with Crippen molar-refractivity contribution in [1.29, 1.82) is 0 Å². The molecule has 0 aliphatic heterocycles. The molecule has 3 aliphatic rings. The monoisotopic (exact) mass is 301 g/mol. The molecule has 0 spiro atoms. The Balaban J connectivity index is 2.05. The second-order valence-electron chi connectivity index (χ2n) is 8.95. The summed E-state index contributed by atoms with van der Waals surface area (Å²) >= 11 is 0. The van der Waals surface area contributed by atoms with Crippen LogP contribution in [0, 0.1) is 35.0 Å². The molecule has 0 bridgehead atoms. The normalized spacial score (nSPS) is 51.0. The zero-order valence-corrected chi connectivity index (χ0v) is 15.3. The van der Waals surface area contributed by atoms with E-state index < -0.39 is 0 Å². The van der Waals surface area contributed by atoms with E-state index in [9.17, 15) is 0 Å². The largest absolute Gasteiger partial charge is 0.314 e. The minimum atomic E-state index is 0.341. The van der Waals surface area contributed by atoms with Crippen molar-refractivity contribution in [2.24, 2.45) is 35.0 Å². The Morgan fingerprint density at radius 2 is 1.95 bits per heavy atom. The van der Waals surface area contributed by atoms with E-state index in [4.69, 9.17) is 0 Å². The van der Waals surface area contributed by atoms with Gasteiger partial charge in [0.2, 0.25) is 0 Å². The molecule has 0 aromatic heterocycles. The van der Waals surface area contributed by atoms with E-state index >= 15 is 0 Å². The van der Waals surface area contributed by atoms with Crippen LogP contribution in [-0.4, -0.2) is 12.6 Å². The number of hydrogen-bond acceptors (Lipinski definition) is 1. The highest BCUT2D eigenvalue weighted by Crippen LogP contribution is 2.67. The Morgan fingerprint density at radius 1 is 1.23 bits per heavy atom. The molecule has 3 aliphatic carbocycles. The second kappa shape index (κ2) is 5.51. The van der Waals surface area contributed by atoms with Crippen molar-refractivity contribution in [3.05, 3.63) is 24.3 Å². The summed E-state index contributed by atoms with van der Waals surface area (Å²) in [5.74, 6) is 4.34. The number of allylic oxidation sites excluding steroid dienone is 3. The number of nitrogens with one attached hydrogen (secondary N) is 1. The summed E-state index contributed by atoms with van der Waals surface area (Å²) in [7, 11) is 2.18. The first-order chi connectivity index (χ1) is 10.3. The maximum Gasteiger partial charge on any atom is 0.0181 e. The van der Waals surface area contributed by atoms with E-state index in [1.165, 1.54) is 37.7 Å². The van der Waals surface area contributed by atoms with E-state index in [-0.39, 0.29) is 0 Å². The molecular weight excluding hydrogens is 266 g/mol. The van der Waals surface area contributed by atoms with Crippen LogP contribution in [0.3, 0.4) is 0 Å². The molecule has 3 saturated carbocycles. The van der Waals surface area contributed by atoms with Crippen molar-refractivity contribution < 1.29 is 0 Å². The molecule has 1 heteroatoms. The molecule has 0 heterocycles. The van der Waals surface area contributed by atoms with Gasteiger partial charge in [-0.15, -0.1) is 0 Å². The highest BCUT2D eigenvalue weighted by Gasteiger charge is 2.62. The van der Waals surface area contributed by atoms with Gasteiger partial charge in [-0.05, 0) is 88.0 Å². The van der Waals surface area contributed by atoms with E-state index in [1.54, 1.807) is 0 Å². The molecule has 7 atom stereocenters. The average Bonchev–Trinajstić information content (AvgIpc) is 2.78. The van der Waals surface area contributed by atoms with Crippen LogP contribution < -0.4 is 5.32 Å². The van der Waals surface area contributed by atoms with E-state index in [0.29, 0.717) is 11.0 Å². The summed E-state index contributed by atoms with van der Waals surface area (Å²) in [6.45, 7) is 13.8. The SMILES string of the molecule is C=C(C)/C=C/[C@]12C[C@H](C)[C@H]3CC[C@](C)(NC)[C@@H](CC[C@H]1C)[C@@H]32. The van der Waals surface area contributed by atoms with Gasteiger partial charge >= 0.3 is 0 Å². The van der Waals surface area contributed by atoms with Crippen LogP contribution in [-0.2, 0) is 0 Å². The van der Waals surface area contributed by atoms with Gasteiger partial charge in [0.05, 0.1) is 0 Å². The van der Waals surface area contributed by atoms with Gasteiger partial charge in [0.15, 0.2) is 0 Å². The van der Waals surface area contributed by atoms with Crippen LogP contribution in [0.1, 0.15) is 59.8 Å². The Kier molecular flexibility index (Phi) is 4.08. The van der Waals surface area contributed by atoms with Crippen molar-refractivity contribution in [3.8, 4) is 0 Å². The maximum absolute atomic E-state index is 4.11. The molecule has 22 heavy (non-hydrogen) atoms. The molecular formula is C21H35N. The average molecular weight is 302 g/mol. The zero-order chi connectivity index (χ0) is 16.1. The third-order valence-corrected chi connectivity index (χ3v) is 7.81. The minimum Gasteiger partial charge on any atom is -0.314 e. The fraction of sp³-hybridized carbons (Fsp3) is 0.810. The first-order valence-corrected chi connectivity index (χ1v) is 9.38. The highest BCUT2D eigenvalue weighted by molar-refractivity contribution is 5.23. The van der Waals surface area contributed by atoms with Gasteiger partial charge in [-0.25, -0.2) is 0 Å². The predicted molar refractivity (Wildman–Crippen MR) is 95.7 cm³/mol. The first kappa shape index (κ1) is 16.3. The molecule has 1 N–H and O–H groups in total. The lowest BCUT2D eigenvalue weighted by Crippen LogP contribution is -2.58. The van der Waals surface area contributed by atoms with Crippen LogP contribution >= 0.6 is 0 Å². The molecule has 0 unspecified atom stereocenters. The molecule has 3 rings (SSSR count). The van der Waals surface area contributed by atoms with Gasteiger partial charge in [-0.1, -0.05) is 38.2 Å². The number of hydrogen-bond donors (Lipinski definition) is 1. The van der Waals surface area contributed by atoms with Crippen molar-refractivity contribution in [2.45, 2.75) is 65.3 Å². The topological polar surface area (TPSA) is 12.0 Å². The summed E-state index contributed by atoms with van der Waals surface area (Å²) < 4.78 is 0. The van der Waals surface area contributed by atoms with Crippen molar-refractivity contribution in [2.75, 3.05) is 7.05 Å². The lowest BCUT2D eigenvalue weighted by Gasteiger charge is -2.57. The van der Waals surface area contributed by atoms with Gasteiger partial charge in [-0.2, -0.15) is 0 Å². The Bertz CT molecular complexity index is 478. The molecule has 1 nitrogen and oxygen atoms in total. The van der Waals surface area contributed by atoms with Gasteiger partial charge in [-0.3, -0.25) is 0 Å². The van der Waals surface area contributed by atoms with Crippen molar-refractivity contribution >= 4 is 0 Å². The van der Waals surface area contributed by atoms with Crippen LogP contribution in [0.15, 0.2) is 24.3 Å². The standard InChI is InChI=1S/C21H35N/c1-14(2)9-12-21-13-15(3)17-10-11-20(5,22-6)18(19(17)21)8-7-16(21)4/h9,12,15-19,22H,1,7-8,10-11,13H2,2-6H3/b12-9+/t15-,16+,17+,18-,19+,20-,21-/m0/s1. The second-order valence-corrected chi connectivity index (χ2v) is 8.95. The van der Waals surface area contributed by atoms with Crippen LogP contribution in [0.25, 0.3) is 0 Å². The van der Waals surface area contributed by atoms with Gasteiger partial charge in [0.1, 0.15) is 0 Å². The minimum absolute atomic E-state index is 0.341. The van der Waals surface area contributed by atoms with Gasteiger partial charge in [0, 0.05) is 5.54 Å². The Morgan fingerprint density at radius 3 is 2.59 bits per heavy atom. The van der Waals surface area contributed by atoms with E-state index in [2.05, 4.69) is 58.8 Å². The highest BCUT2D eigenvalue weighted by atomic mass is 15.0. The smallest absolute Gasteiger partial charge is 0.0181 e. The Hall–Kier alpha value is -0.560. The summed E-state index contributed by atoms with van der Waals surface area (Å²) in [6.07, 6.45) is 11.9. The molecule has 0 aromatic rings. The van der Waals surface area contributed by atoms with Crippen molar-refractivity contribution in [1.82, 2.24) is 5.32 Å². The van der Waals surface area contributed by atoms with Gasteiger partial charge < -0.3 is 5.32 Å². The molecule has 0 radical (unpaired) electrons. The lowest BCUT2D eigenvalue weighted by atomic mass is 9.50. The fourth-order valence-corrected chi connectivity index (χ4v) is 6.46. The molecule has 124 valence electrons. The van der Waals surface area contributed by atoms with Crippen LogP contribution in [0.4, 0.5) is 0 Å². The lowest BCUT2D eigenvalue weighted by molar-refractivity contribution is -0.0418. The summed E-state index contributed by atoms with van der Waals surface area (Å²) in [5, 5.41) is 3.72. The quantitative estimate of drug-likeness (QED) is 0.707. The van der Waals surface area contributed by atoms with Crippen LogP contribution in [0.2, 0.25) is 0 Å². The van der Waals surface area contributed by atoms with E-state index in [0.717, 1.165) is 29.6 Å². The molecule has 0 aromatic carbocycles. The zero-order valence-electron chi connectivity index (χ0n) is 15.3. The predicted octanol–water partition coefficient (Wildman–Crippen LogP) is 5.20. The molecule has 0 amide bonds. The fourth-order valence-electron chi connectivity index (χ4n) is 6.46. The Labute approximate surface area is 137 Å².